The number of rotatable bonds is 2. The van der Waals surface area contributed by atoms with Gasteiger partial charge in [0.15, 0.2) is 0 Å². The summed E-state index contributed by atoms with van der Waals surface area (Å²) in [5, 5.41) is 0. The lowest BCUT2D eigenvalue weighted by molar-refractivity contribution is 0.104. The zero-order chi connectivity index (χ0) is 10.1. The van der Waals surface area contributed by atoms with E-state index in [9.17, 15) is 13.8 Å². The average molecular weight is 204 g/mol. The van der Waals surface area contributed by atoms with Crippen molar-refractivity contribution in [1.29, 1.82) is 0 Å². The van der Waals surface area contributed by atoms with Crippen molar-refractivity contribution in [2.75, 3.05) is 0 Å². The fraction of sp³-hybridized carbons (Fsp3) is 0. The highest BCUT2D eigenvalue weighted by atomic mass is 31.2. The Balaban J connectivity index is 3.04. The minimum atomic E-state index is -4.76. The van der Waals surface area contributed by atoms with Crippen molar-refractivity contribution in [1.82, 2.24) is 0 Å². The summed E-state index contributed by atoms with van der Waals surface area (Å²) in [5.74, 6) is -0.567. The van der Waals surface area contributed by atoms with E-state index in [4.69, 9.17) is 9.79 Å². The molecule has 0 aliphatic rings. The second-order valence-electron chi connectivity index (χ2n) is 2.36. The highest BCUT2D eigenvalue weighted by Crippen LogP contribution is 2.38. The van der Waals surface area contributed by atoms with Crippen molar-refractivity contribution >= 4 is 13.1 Å². The summed E-state index contributed by atoms with van der Waals surface area (Å²) in [4.78, 5) is 27.8. The highest BCUT2D eigenvalue weighted by molar-refractivity contribution is 7.70. The number of carbonyl (C=O) groups excluding carboxylic acids is 1. The third kappa shape index (κ3) is 2.45. The van der Waals surface area contributed by atoms with Crippen molar-refractivity contribution in [3.05, 3.63) is 35.6 Å². The van der Waals surface area contributed by atoms with E-state index >= 15 is 0 Å². The van der Waals surface area contributed by atoms with E-state index in [1.165, 1.54) is 0 Å². The van der Waals surface area contributed by atoms with Gasteiger partial charge in [-0.05, 0) is 24.3 Å². The molecule has 1 rings (SSSR count). The van der Waals surface area contributed by atoms with Crippen LogP contribution in [0.4, 0.5) is 4.39 Å². The summed E-state index contributed by atoms with van der Waals surface area (Å²) >= 11 is 0. The maximum Gasteiger partial charge on any atom is 0.396 e. The molecule has 0 bridgehead atoms. The van der Waals surface area contributed by atoms with Gasteiger partial charge in [-0.3, -0.25) is 9.36 Å². The molecule has 0 unspecified atom stereocenters. The molecule has 0 aliphatic carbocycles. The van der Waals surface area contributed by atoms with Gasteiger partial charge < -0.3 is 9.79 Å². The molecule has 0 spiro atoms. The molecule has 13 heavy (non-hydrogen) atoms. The van der Waals surface area contributed by atoms with Gasteiger partial charge in [0.2, 0.25) is 0 Å². The van der Waals surface area contributed by atoms with Crippen LogP contribution in [0.3, 0.4) is 0 Å². The van der Waals surface area contributed by atoms with Crippen LogP contribution < -0.4 is 0 Å². The van der Waals surface area contributed by atoms with Gasteiger partial charge in [0, 0.05) is 5.56 Å². The van der Waals surface area contributed by atoms with Gasteiger partial charge in [0.1, 0.15) is 5.82 Å². The lowest BCUT2D eigenvalue weighted by Gasteiger charge is -2.01. The Labute approximate surface area is 73.2 Å². The predicted octanol–water partition coefficient (Wildman–Crippen LogP) is 1.14. The fourth-order valence-corrected chi connectivity index (χ4v) is 1.25. The van der Waals surface area contributed by atoms with Crippen LogP contribution in [-0.2, 0) is 4.57 Å². The van der Waals surface area contributed by atoms with Gasteiger partial charge in [0.05, 0.1) is 0 Å². The summed E-state index contributed by atoms with van der Waals surface area (Å²) in [6, 6.07) is 3.97. The lowest BCUT2D eigenvalue weighted by atomic mass is 10.2. The molecule has 1 aromatic rings. The smallest absolute Gasteiger partial charge is 0.319 e. The monoisotopic (exact) mass is 204 g/mol. The van der Waals surface area contributed by atoms with E-state index in [0.29, 0.717) is 0 Å². The van der Waals surface area contributed by atoms with Gasteiger partial charge in [-0.15, -0.1) is 0 Å². The average Bonchev–Trinajstić information content (AvgIpc) is 2.03. The summed E-state index contributed by atoms with van der Waals surface area (Å²) in [6.07, 6.45) is 0. The van der Waals surface area contributed by atoms with Crippen LogP contribution in [0.2, 0.25) is 0 Å². The van der Waals surface area contributed by atoms with Gasteiger partial charge >= 0.3 is 7.60 Å². The molecule has 0 aliphatic heterocycles. The second-order valence-corrected chi connectivity index (χ2v) is 3.85. The van der Waals surface area contributed by atoms with Crippen molar-refractivity contribution in [2.24, 2.45) is 0 Å². The molecule has 0 fully saturated rings. The van der Waals surface area contributed by atoms with Crippen molar-refractivity contribution in [3.63, 3.8) is 0 Å². The summed E-state index contributed by atoms with van der Waals surface area (Å²) in [6.45, 7) is 0. The van der Waals surface area contributed by atoms with Crippen LogP contribution in [0.1, 0.15) is 10.4 Å². The van der Waals surface area contributed by atoms with Gasteiger partial charge in [-0.25, -0.2) is 4.39 Å². The van der Waals surface area contributed by atoms with Crippen molar-refractivity contribution in [3.8, 4) is 0 Å². The molecule has 2 N–H and O–H groups in total. The first-order chi connectivity index (χ1) is 5.91. The third-order valence-electron chi connectivity index (χ3n) is 1.36. The SMILES string of the molecule is O=C(c1ccc(F)cc1)P(=O)(O)O. The molecule has 6 heteroatoms. The van der Waals surface area contributed by atoms with Gasteiger partial charge in [-0.2, -0.15) is 0 Å². The Morgan fingerprint density at radius 2 is 1.69 bits per heavy atom. The zero-order valence-corrected chi connectivity index (χ0v) is 7.24. The Morgan fingerprint density at radius 1 is 1.23 bits per heavy atom. The van der Waals surface area contributed by atoms with Crippen LogP contribution >= 0.6 is 7.60 Å². The van der Waals surface area contributed by atoms with Gasteiger partial charge in [-0.1, -0.05) is 0 Å². The molecular formula is C7H6FO4P. The molecule has 1 aromatic carbocycles. The Bertz CT molecular complexity index is 367. The number of hydrogen-bond acceptors (Lipinski definition) is 2. The molecule has 0 saturated carbocycles. The molecule has 0 atom stereocenters. The first-order valence-corrected chi connectivity index (χ1v) is 4.88. The zero-order valence-electron chi connectivity index (χ0n) is 6.35. The van der Waals surface area contributed by atoms with E-state index in [1.54, 1.807) is 0 Å². The Morgan fingerprint density at radius 3 is 2.08 bits per heavy atom. The van der Waals surface area contributed by atoms with E-state index in [2.05, 4.69) is 0 Å². The van der Waals surface area contributed by atoms with E-state index in [-0.39, 0.29) is 5.56 Å². The lowest BCUT2D eigenvalue weighted by Crippen LogP contribution is -1.99. The van der Waals surface area contributed by atoms with Crippen LogP contribution in [-0.4, -0.2) is 15.3 Å². The van der Waals surface area contributed by atoms with E-state index < -0.39 is 18.9 Å². The van der Waals surface area contributed by atoms with Crippen molar-refractivity contribution < 1.29 is 23.5 Å². The number of benzene rings is 1. The topological polar surface area (TPSA) is 74.6 Å². The molecule has 70 valence electrons. The first kappa shape index (κ1) is 10.1. The third-order valence-corrected chi connectivity index (χ3v) is 2.14. The minimum absolute atomic E-state index is 0.199. The molecule has 0 aromatic heterocycles. The first-order valence-electron chi connectivity index (χ1n) is 3.27. The van der Waals surface area contributed by atoms with E-state index in [0.717, 1.165) is 24.3 Å². The van der Waals surface area contributed by atoms with Crippen LogP contribution in [0.25, 0.3) is 0 Å². The summed E-state index contributed by atoms with van der Waals surface area (Å²) < 4.78 is 22.8. The largest absolute Gasteiger partial charge is 0.396 e. The Hall–Kier alpha value is -1.03. The number of hydrogen-bond donors (Lipinski definition) is 2. The van der Waals surface area contributed by atoms with Gasteiger partial charge in [0.25, 0.3) is 5.52 Å². The second kappa shape index (κ2) is 3.38. The maximum atomic E-state index is 12.3. The summed E-state index contributed by atoms with van der Waals surface area (Å²) in [7, 11) is -4.76. The minimum Gasteiger partial charge on any atom is -0.319 e. The standard InChI is InChI=1S/C7H6FO4P/c8-6-3-1-5(2-4-6)7(9)13(10,11)12/h1-4H,(H2,10,11,12). The highest BCUT2D eigenvalue weighted by Gasteiger charge is 2.26. The molecule has 0 heterocycles. The molecular weight excluding hydrogens is 198 g/mol. The Kier molecular flexibility index (Phi) is 2.61. The van der Waals surface area contributed by atoms with E-state index in [1.807, 2.05) is 0 Å². The molecule has 0 saturated heterocycles. The van der Waals surface area contributed by atoms with Crippen LogP contribution in [0.15, 0.2) is 24.3 Å². The maximum absolute atomic E-state index is 12.3. The van der Waals surface area contributed by atoms with Crippen LogP contribution in [0.5, 0.6) is 0 Å². The quantitative estimate of drug-likeness (QED) is 0.708. The molecule has 4 nitrogen and oxygen atoms in total. The molecule has 0 radical (unpaired) electrons. The summed E-state index contributed by atoms with van der Waals surface area (Å²) in [5.41, 5.74) is -1.50. The normalized spacial score (nSPS) is 11.3. The van der Waals surface area contributed by atoms with Crippen molar-refractivity contribution in [2.45, 2.75) is 0 Å². The number of halogens is 1. The van der Waals surface area contributed by atoms with Crippen LogP contribution in [0, 0.1) is 5.82 Å². The molecule has 0 amide bonds. The fourth-order valence-electron chi connectivity index (χ4n) is 0.761. The number of carbonyl (C=O) groups is 1. The predicted molar refractivity (Wildman–Crippen MR) is 42.8 cm³/mol.